The molecule has 1 aromatic heterocycles. The molecule has 0 spiro atoms. The molecule has 1 aromatic carbocycles. The summed E-state index contributed by atoms with van der Waals surface area (Å²) in [4.78, 5) is 0. The van der Waals surface area contributed by atoms with Crippen molar-refractivity contribution in [1.29, 1.82) is 0 Å². The van der Waals surface area contributed by atoms with Gasteiger partial charge in [-0.2, -0.15) is 5.10 Å². The van der Waals surface area contributed by atoms with E-state index in [4.69, 9.17) is 5.73 Å². The van der Waals surface area contributed by atoms with Crippen molar-refractivity contribution < 1.29 is 4.39 Å². The van der Waals surface area contributed by atoms with E-state index in [0.29, 0.717) is 12.5 Å². The van der Waals surface area contributed by atoms with Crippen LogP contribution in [-0.2, 0) is 6.42 Å². The topological polar surface area (TPSA) is 43.8 Å². The second kappa shape index (κ2) is 5.75. The Morgan fingerprint density at radius 3 is 2.85 bits per heavy atom. The van der Waals surface area contributed by atoms with Gasteiger partial charge in [0.15, 0.2) is 0 Å². The minimum Gasteiger partial charge on any atom is -0.324 e. The molecule has 2 N–H and O–H groups in total. The van der Waals surface area contributed by atoms with Crippen LogP contribution in [0.2, 0.25) is 0 Å². The third kappa shape index (κ3) is 2.90. The smallest absolute Gasteiger partial charge is 0.123 e. The summed E-state index contributed by atoms with van der Waals surface area (Å²) >= 11 is 0. The second-order valence-corrected chi connectivity index (χ2v) is 5.59. The molecule has 1 aliphatic rings. The van der Waals surface area contributed by atoms with Gasteiger partial charge in [-0.15, -0.1) is 0 Å². The van der Waals surface area contributed by atoms with E-state index in [-0.39, 0.29) is 11.9 Å². The van der Waals surface area contributed by atoms with Gasteiger partial charge >= 0.3 is 0 Å². The van der Waals surface area contributed by atoms with E-state index in [1.165, 1.54) is 37.8 Å². The Labute approximate surface area is 118 Å². The number of hydrogen-bond donors (Lipinski definition) is 1. The Balaban J connectivity index is 1.68. The highest BCUT2D eigenvalue weighted by Gasteiger charge is 2.18. The molecule has 2 aromatic rings. The summed E-state index contributed by atoms with van der Waals surface area (Å²) in [6.07, 6.45) is 7.71. The molecule has 3 nitrogen and oxygen atoms in total. The van der Waals surface area contributed by atoms with Gasteiger partial charge in [0, 0.05) is 18.7 Å². The molecule has 3 rings (SSSR count). The molecular weight excluding hydrogens is 253 g/mol. The quantitative estimate of drug-likeness (QED) is 0.928. The van der Waals surface area contributed by atoms with Gasteiger partial charge in [0.2, 0.25) is 0 Å². The van der Waals surface area contributed by atoms with Crippen LogP contribution in [0.15, 0.2) is 36.5 Å². The second-order valence-electron chi connectivity index (χ2n) is 5.59. The van der Waals surface area contributed by atoms with Crippen LogP contribution < -0.4 is 5.73 Å². The number of hydrogen-bond acceptors (Lipinski definition) is 2. The zero-order valence-electron chi connectivity index (χ0n) is 11.5. The van der Waals surface area contributed by atoms with Crippen LogP contribution in [0, 0.1) is 5.82 Å². The maximum Gasteiger partial charge on any atom is 0.123 e. The van der Waals surface area contributed by atoms with Crippen molar-refractivity contribution in [3.05, 3.63) is 53.6 Å². The van der Waals surface area contributed by atoms with Crippen LogP contribution in [0.4, 0.5) is 4.39 Å². The molecule has 1 heterocycles. The summed E-state index contributed by atoms with van der Waals surface area (Å²) in [5, 5.41) is 4.62. The van der Waals surface area contributed by atoms with Crippen LogP contribution in [0.5, 0.6) is 0 Å². The molecular formula is C16H20FN3. The monoisotopic (exact) mass is 273 g/mol. The van der Waals surface area contributed by atoms with Crippen molar-refractivity contribution in [1.82, 2.24) is 9.78 Å². The first kappa shape index (κ1) is 13.3. The summed E-state index contributed by atoms with van der Waals surface area (Å²) in [6.45, 7) is 0. The zero-order valence-corrected chi connectivity index (χ0v) is 11.5. The number of rotatable bonds is 4. The highest BCUT2D eigenvalue weighted by molar-refractivity contribution is 5.21. The molecule has 1 saturated carbocycles. The fourth-order valence-corrected chi connectivity index (χ4v) is 2.94. The van der Waals surface area contributed by atoms with Gasteiger partial charge in [-0.05, 0) is 36.6 Å². The first-order valence-electron chi connectivity index (χ1n) is 7.27. The van der Waals surface area contributed by atoms with Crippen LogP contribution in [0.3, 0.4) is 0 Å². The Bertz CT molecular complexity index is 573. The van der Waals surface area contributed by atoms with Gasteiger partial charge in [-0.25, -0.2) is 4.39 Å². The Hall–Kier alpha value is -1.68. The Morgan fingerprint density at radius 2 is 2.10 bits per heavy atom. The van der Waals surface area contributed by atoms with Crippen molar-refractivity contribution >= 4 is 0 Å². The molecule has 0 saturated heterocycles. The largest absolute Gasteiger partial charge is 0.324 e. The zero-order chi connectivity index (χ0) is 13.9. The maximum absolute atomic E-state index is 13.2. The number of halogens is 1. The van der Waals surface area contributed by atoms with Crippen molar-refractivity contribution in [3.63, 3.8) is 0 Å². The molecule has 4 heteroatoms. The van der Waals surface area contributed by atoms with Crippen LogP contribution in [-0.4, -0.2) is 9.78 Å². The van der Waals surface area contributed by atoms with Gasteiger partial charge < -0.3 is 5.73 Å². The van der Waals surface area contributed by atoms with Gasteiger partial charge in [0.25, 0.3) is 0 Å². The minimum absolute atomic E-state index is 0.211. The summed E-state index contributed by atoms with van der Waals surface area (Å²) in [5.41, 5.74) is 7.94. The molecule has 0 amide bonds. The predicted octanol–water partition coefficient (Wildman–Crippen LogP) is 3.38. The fourth-order valence-electron chi connectivity index (χ4n) is 2.94. The van der Waals surface area contributed by atoms with Gasteiger partial charge in [-0.1, -0.05) is 25.0 Å². The van der Waals surface area contributed by atoms with Gasteiger partial charge in [0.1, 0.15) is 5.82 Å². The van der Waals surface area contributed by atoms with Crippen molar-refractivity contribution in [2.24, 2.45) is 5.73 Å². The molecule has 1 aliphatic carbocycles. The summed E-state index contributed by atoms with van der Waals surface area (Å²) in [5.74, 6) is -0.241. The SMILES string of the molecule is NC(Cc1ccn(C2CCCC2)n1)c1cccc(F)c1. The third-order valence-electron chi connectivity index (χ3n) is 4.07. The van der Waals surface area contributed by atoms with Gasteiger partial charge in [-0.3, -0.25) is 4.68 Å². The van der Waals surface area contributed by atoms with Crippen molar-refractivity contribution in [2.45, 2.75) is 44.2 Å². The summed E-state index contributed by atoms with van der Waals surface area (Å²) in [6, 6.07) is 8.86. The maximum atomic E-state index is 13.2. The van der Waals surface area contributed by atoms with E-state index in [2.05, 4.69) is 9.78 Å². The number of nitrogens with two attached hydrogens (primary N) is 1. The number of aromatic nitrogens is 2. The number of benzene rings is 1. The average molecular weight is 273 g/mol. The molecule has 0 bridgehead atoms. The number of nitrogens with zero attached hydrogens (tertiary/aromatic N) is 2. The van der Waals surface area contributed by atoms with Crippen LogP contribution >= 0.6 is 0 Å². The molecule has 1 unspecified atom stereocenters. The highest BCUT2D eigenvalue weighted by Crippen LogP contribution is 2.29. The lowest BCUT2D eigenvalue weighted by atomic mass is 10.0. The van der Waals surface area contributed by atoms with Crippen LogP contribution in [0.25, 0.3) is 0 Å². The van der Waals surface area contributed by atoms with Gasteiger partial charge in [0.05, 0.1) is 11.7 Å². The van der Waals surface area contributed by atoms with Crippen molar-refractivity contribution in [2.75, 3.05) is 0 Å². The standard InChI is InChI=1S/C16H20FN3/c17-13-5-3-4-12(10-13)16(18)11-14-8-9-20(19-14)15-6-1-2-7-15/h3-5,8-10,15-16H,1-2,6-7,11,18H2. The van der Waals surface area contributed by atoms with E-state index in [0.717, 1.165) is 11.3 Å². The van der Waals surface area contributed by atoms with E-state index < -0.39 is 0 Å². The Kier molecular flexibility index (Phi) is 3.83. The molecule has 0 aliphatic heterocycles. The summed E-state index contributed by atoms with van der Waals surface area (Å²) < 4.78 is 15.3. The van der Waals surface area contributed by atoms with E-state index in [1.54, 1.807) is 6.07 Å². The molecule has 20 heavy (non-hydrogen) atoms. The first-order valence-corrected chi connectivity index (χ1v) is 7.27. The normalized spacial score (nSPS) is 17.5. The molecule has 1 atom stereocenters. The average Bonchev–Trinajstić information content (AvgIpc) is 3.08. The fraction of sp³-hybridized carbons (Fsp3) is 0.438. The van der Waals surface area contributed by atoms with Crippen molar-refractivity contribution in [3.8, 4) is 0 Å². The molecule has 106 valence electrons. The Morgan fingerprint density at radius 1 is 1.30 bits per heavy atom. The lowest BCUT2D eigenvalue weighted by Crippen LogP contribution is -2.14. The molecule has 1 fully saturated rings. The lowest BCUT2D eigenvalue weighted by molar-refractivity contribution is 0.461. The summed E-state index contributed by atoms with van der Waals surface area (Å²) in [7, 11) is 0. The third-order valence-corrected chi connectivity index (χ3v) is 4.07. The minimum atomic E-state index is -0.241. The van der Waals surface area contributed by atoms with E-state index in [1.807, 2.05) is 18.3 Å². The highest BCUT2D eigenvalue weighted by atomic mass is 19.1. The predicted molar refractivity (Wildman–Crippen MR) is 76.8 cm³/mol. The van der Waals surface area contributed by atoms with E-state index >= 15 is 0 Å². The van der Waals surface area contributed by atoms with Crippen LogP contribution in [0.1, 0.15) is 49.0 Å². The van der Waals surface area contributed by atoms with E-state index in [9.17, 15) is 4.39 Å². The molecule has 0 radical (unpaired) electrons. The first-order chi connectivity index (χ1) is 9.72. The lowest BCUT2D eigenvalue weighted by Gasteiger charge is -2.11.